The first kappa shape index (κ1) is 20.9. The quantitative estimate of drug-likeness (QED) is 0.403. The van der Waals surface area contributed by atoms with Crippen molar-refractivity contribution in [1.29, 1.82) is 0 Å². The molecule has 0 spiro atoms. The van der Waals surface area contributed by atoms with Gasteiger partial charge in [0.2, 0.25) is 5.95 Å². The van der Waals surface area contributed by atoms with Crippen molar-refractivity contribution in [3.05, 3.63) is 107 Å². The summed E-state index contributed by atoms with van der Waals surface area (Å²) >= 11 is 0. The van der Waals surface area contributed by atoms with E-state index in [0.29, 0.717) is 28.1 Å². The van der Waals surface area contributed by atoms with E-state index in [-0.39, 0.29) is 29.3 Å². The molecule has 0 unspecified atom stereocenters. The zero-order chi connectivity index (χ0) is 22.9. The molecular formula is C25H18F2N4O2. The fourth-order valence-electron chi connectivity index (χ4n) is 3.76. The van der Waals surface area contributed by atoms with Crippen LogP contribution >= 0.6 is 0 Å². The summed E-state index contributed by atoms with van der Waals surface area (Å²) in [7, 11) is 0. The van der Waals surface area contributed by atoms with Crippen LogP contribution in [0.5, 0.6) is 0 Å². The first-order chi connectivity index (χ1) is 16.0. The van der Waals surface area contributed by atoms with Crippen LogP contribution in [0.15, 0.2) is 77.9 Å². The van der Waals surface area contributed by atoms with Crippen molar-refractivity contribution >= 4 is 17.3 Å². The molecule has 1 aromatic heterocycles. The second-order valence-electron chi connectivity index (χ2n) is 7.50. The van der Waals surface area contributed by atoms with Gasteiger partial charge in [0.05, 0.1) is 18.0 Å². The Morgan fingerprint density at radius 2 is 1.58 bits per heavy atom. The van der Waals surface area contributed by atoms with Gasteiger partial charge in [-0.05, 0) is 30.3 Å². The molecule has 1 aliphatic heterocycles. The van der Waals surface area contributed by atoms with Crippen LogP contribution in [0, 0.1) is 11.6 Å². The number of benzene rings is 3. The van der Waals surface area contributed by atoms with Crippen LogP contribution in [0.2, 0.25) is 0 Å². The summed E-state index contributed by atoms with van der Waals surface area (Å²) in [6, 6.07) is 17.2. The van der Waals surface area contributed by atoms with E-state index in [0.717, 1.165) is 0 Å². The highest BCUT2D eigenvalue weighted by Gasteiger charge is 2.25. The van der Waals surface area contributed by atoms with Crippen LogP contribution in [0.1, 0.15) is 28.5 Å². The third kappa shape index (κ3) is 3.97. The summed E-state index contributed by atoms with van der Waals surface area (Å²) in [4.78, 5) is 13.5. The molecule has 33 heavy (non-hydrogen) atoms. The summed E-state index contributed by atoms with van der Waals surface area (Å²) in [5.41, 5.74) is 3.29. The number of aliphatic imine (C=N–C) groups is 1. The summed E-state index contributed by atoms with van der Waals surface area (Å²) in [5, 5.41) is 21.6. The monoisotopic (exact) mass is 444 g/mol. The Morgan fingerprint density at radius 3 is 2.33 bits per heavy atom. The minimum absolute atomic E-state index is 0.163. The van der Waals surface area contributed by atoms with E-state index >= 15 is 4.39 Å². The largest absolute Gasteiger partial charge is 0.364 e. The van der Waals surface area contributed by atoms with E-state index in [4.69, 9.17) is 0 Å². The number of hydrogen-bond acceptors (Lipinski definition) is 6. The second-order valence-corrected chi connectivity index (χ2v) is 7.50. The number of nitrogens with zero attached hydrogens (tertiary/aromatic N) is 3. The molecule has 0 amide bonds. The van der Waals surface area contributed by atoms with Crippen molar-refractivity contribution in [2.45, 2.75) is 12.8 Å². The number of fused-ring (bicyclic) bond motifs is 3. The smallest absolute Gasteiger partial charge is 0.227 e. The van der Waals surface area contributed by atoms with E-state index < -0.39 is 17.9 Å². The van der Waals surface area contributed by atoms with Gasteiger partial charge in [-0.25, -0.2) is 18.7 Å². The van der Waals surface area contributed by atoms with Gasteiger partial charge >= 0.3 is 0 Å². The number of halogens is 2. The Morgan fingerprint density at radius 1 is 0.848 bits per heavy atom. The Bertz CT molecular complexity index is 1370. The lowest BCUT2D eigenvalue weighted by Crippen LogP contribution is -2.10. The van der Waals surface area contributed by atoms with E-state index in [1.807, 2.05) is 0 Å². The number of hydrogen-bond donors (Lipinski definition) is 3. The molecule has 0 aliphatic carbocycles. The fraction of sp³-hybridized carbons (Fsp3) is 0.0800. The Labute approximate surface area is 187 Å². The van der Waals surface area contributed by atoms with Crippen LogP contribution in [-0.4, -0.2) is 25.9 Å². The van der Waals surface area contributed by atoms with Crippen molar-refractivity contribution in [2.75, 3.05) is 5.32 Å². The fourth-order valence-corrected chi connectivity index (χ4v) is 3.76. The lowest BCUT2D eigenvalue weighted by Gasteiger charge is -2.13. The molecule has 1 aliphatic rings. The minimum Gasteiger partial charge on any atom is -0.364 e. The maximum Gasteiger partial charge on any atom is 0.227 e. The molecule has 8 heteroatoms. The van der Waals surface area contributed by atoms with Crippen LogP contribution < -0.4 is 5.32 Å². The van der Waals surface area contributed by atoms with Gasteiger partial charge < -0.3 is 15.5 Å². The summed E-state index contributed by atoms with van der Waals surface area (Å²) in [6.45, 7) is 0.163. The minimum atomic E-state index is -1.56. The van der Waals surface area contributed by atoms with Gasteiger partial charge in [0, 0.05) is 39.7 Å². The average molecular weight is 444 g/mol. The Kier molecular flexibility index (Phi) is 5.37. The molecule has 5 rings (SSSR count). The van der Waals surface area contributed by atoms with Gasteiger partial charge in [-0.1, -0.05) is 36.4 Å². The molecule has 0 fully saturated rings. The van der Waals surface area contributed by atoms with Gasteiger partial charge in [-0.3, -0.25) is 4.99 Å². The standard InChI is InChI=1S/C25H18F2N4O2/c26-19-6-2-1-4-17(19)23-21-18(5-3-7-20(21)27)22-15(12-28-23)13-29-25(31-22)30-16-10-8-14(9-11-16)24(32)33/h1-11,13,24,32-33H,12H2,(H,29,30,31). The van der Waals surface area contributed by atoms with E-state index in [9.17, 15) is 14.6 Å². The van der Waals surface area contributed by atoms with Crippen molar-refractivity contribution in [3.8, 4) is 11.3 Å². The van der Waals surface area contributed by atoms with Crippen molar-refractivity contribution in [2.24, 2.45) is 4.99 Å². The maximum atomic E-state index is 15.1. The third-order valence-corrected chi connectivity index (χ3v) is 5.37. The number of rotatable bonds is 4. The molecule has 6 nitrogen and oxygen atoms in total. The summed E-state index contributed by atoms with van der Waals surface area (Å²) in [6.07, 6.45) is 0.0526. The van der Waals surface area contributed by atoms with Crippen molar-refractivity contribution in [1.82, 2.24) is 9.97 Å². The predicted molar refractivity (Wildman–Crippen MR) is 120 cm³/mol. The van der Waals surface area contributed by atoms with Gasteiger partial charge in [0.15, 0.2) is 6.29 Å². The molecule has 0 atom stereocenters. The normalized spacial score (nSPS) is 12.6. The lowest BCUT2D eigenvalue weighted by molar-refractivity contribution is -0.0424. The molecule has 0 bridgehead atoms. The van der Waals surface area contributed by atoms with Gasteiger partial charge in [-0.15, -0.1) is 0 Å². The first-order valence-electron chi connectivity index (χ1n) is 10.2. The zero-order valence-corrected chi connectivity index (χ0v) is 17.2. The van der Waals surface area contributed by atoms with Gasteiger partial charge in [0.25, 0.3) is 0 Å². The highest BCUT2D eigenvalue weighted by atomic mass is 19.1. The number of aromatic nitrogens is 2. The maximum absolute atomic E-state index is 15.1. The van der Waals surface area contributed by atoms with Crippen LogP contribution in [0.4, 0.5) is 20.4 Å². The van der Waals surface area contributed by atoms with Crippen LogP contribution in [0.3, 0.4) is 0 Å². The number of nitrogens with one attached hydrogen (secondary N) is 1. The number of anilines is 2. The SMILES string of the molecule is OC(O)c1ccc(Nc2ncc3c(n2)-c2cccc(F)c2C(c2ccccc2F)=NC3)cc1. The summed E-state index contributed by atoms with van der Waals surface area (Å²) < 4.78 is 29.6. The van der Waals surface area contributed by atoms with E-state index in [2.05, 4.69) is 20.3 Å². The molecule has 0 radical (unpaired) electrons. The topological polar surface area (TPSA) is 90.6 Å². The van der Waals surface area contributed by atoms with Gasteiger partial charge in [-0.2, -0.15) is 0 Å². The lowest BCUT2D eigenvalue weighted by atomic mass is 9.94. The molecule has 0 saturated carbocycles. The molecule has 3 aromatic carbocycles. The summed E-state index contributed by atoms with van der Waals surface area (Å²) in [5.74, 6) is -0.731. The molecule has 4 aromatic rings. The number of aliphatic hydroxyl groups excluding tert-OH is 1. The van der Waals surface area contributed by atoms with E-state index in [1.165, 1.54) is 12.1 Å². The number of aliphatic hydroxyl groups is 2. The van der Waals surface area contributed by atoms with Crippen molar-refractivity contribution in [3.63, 3.8) is 0 Å². The highest BCUT2D eigenvalue weighted by Crippen LogP contribution is 2.34. The molecular weight excluding hydrogens is 426 g/mol. The Hall–Kier alpha value is -4.01. The predicted octanol–water partition coefficient (Wildman–Crippen LogP) is 4.50. The average Bonchev–Trinajstić information content (AvgIpc) is 2.98. The van der Waals surface area contributed by atoms with Crippen molar-refractivity contribution < 1.29 is 19.0 Å². The van der Waals surface area contributed by atoms with Crippen LogP contribution in [0.25, 0.3) is 11.3 Å². The second kappa shape index (κ2) is 8.50. The first-order valence-corrected chi connectivity index (χ1v) is 10.2. The van der Waals surface area contributed by atoms with Gasteiger partial charge in [0.1, 0.15) is 11.6 Å². The molecule has 164 valence electrons. The molecule has 3 N–H and O–H groups in total. The highest BCUT2D eigenvalue weighted by molar-refractivity contribution is 6.17. The van der Waals surface area contributed by atoms with Crippen LogP contribution in [-0.2, 0) is 6.54 Å². The molecule has 2 heterocycles. The van der Waals surface area contributed by atoms with E-state index in [1.54, 1.807) is 60.8 Å². The molecule has 0 saturated heterocycles. The third-order valence-electron chi connectivity index (χ3n) is 5.37. The zero-order valence-electron chi connectivity index (χ0n) is 17.2. The Balaban J connectivity index is 1.58.